The van der Waals surface area contributed by atoms with E-state index in [1.165, 1.54) is 0 Å². The van der Waals surface area contributed by atoms with Crippen LogP contribution in [0.3, 0.4) is 0 Å². The zero-order valence-electron chi connectivity index (χ0n) is 9.33. The summed E-state index contributed by atoms with van der Waals surface area (Å²) in [5.41, 5.74) is 4.55. The van der Waals surface area contributed by atoms with Crippen LogP contribution in [-0.4, -0.2) is 0 Å². The average Bonchev–Trinajstić information content (AvgIpc) is 2.32. The van der Waals surface area contributed by atoms with E-state index in [0.717, 1.165) is 0 Å². The minimum absolute atomic E-state index is 0.400. The standard InChI is InChI=1S/C11H12F5N/c1-3-4(2)11(17)5-6(12)8(14)10(16)9(15)7(5)13/h4,11H,3,17H2,1-2H3/t4?,11-/m1/s1. The smallest absolute Gasteiger partial charge is 0.200 e. The summed E-state index contributed by atoms with van der Waals surface area (Å²) in [6.07, 6.45) is 0.459. The summed E-state index contributed by atoms with van der Waals surface area (Å²) in [6.45, 7) is 3.28. The summed E-state index contributed by atoms with van der Waals surface area (Å²) in [7, 11) is 0. The Morgan fingerprint density at radius 2 is 1.24 bits per heavy atom. The van der Waals surface area contributed by atoms with E-state index < -0.39 is 46.6 Å². The Kier molecular flexibility index (Phi) is 4.08. The Hall–Kier alpha value is -1.17. The normalized spacial score (nSPS) is 14.8. The van der Waals surface area contributed by atoms with Crippen molar-refractivity contribution in [2.45, 2.75) is 26.3 Å². The molecule has 1 rings (SSSR count). The fraction of sp³-hybridized carbons (Fsp3) is 0.455. The molecule has 0 bridgehead atoms. The van der Waals surface area contributed by atoms with Gasteiger partial charge in [-0.05, 0) is 5.92 Å². The highest BCUT2D eigenvalue weighted by Gasteiger charge is 2.30. The Morgan fingerprint density at radius 3 is 1.59 bits per heavy atom. The summed E-state index contributed by atoms with van der Waals surface area (Å²) < 4.78 is 65.3. The van der Waals surface area contributed by atoms with Crippen molar-refractivity contribution in [1.29, 1.82) is 0 Å². The molecule has 0 saturated carbocycles. The Morgan fingerprint density at radius 1 is 0.882 bits per heavy atom. The molecule has 96 valence electrons. The van der Waals surface area contributed by atoms with E-state index in [4.69, 9.17) is 5.73 Å². The van der Waals surface area contributed by atoms with Gasteiger partial charge in [-0.15, -0.1) is 0 Å². The molecule has 0 spiro atoms. The molecule has 0 radical (unpaired) electrons. The number of hydrogen-bond acceptors (Lipinski definition) is 1. The number of benzene rings is 1. The van der Waals surface area contributed by atoms with Crippen molar-refractivity contribution in [1.82, 2.24) is 0 Å². The molecule has 0 amide bonds. The molecular weight excluding hydrogens is 241 g/mol. The van der Waals surface area contributed by atoms with Gasteiger partial charge in [-0.2, -0.15) is 0 Å². The largest absolute Gasteiger partial charge is 0.324 e. The fourth-order valence-corrected chi connectivity index (χ4v) is 1.45. The van der Waals surface area contributed by atoms with Gasteiger partial charge in [-0.3, -0.25) is 0 Å². The maximum absolute atomic E-state index is 13.3. The van der Waals surface area contributed by atoms with E-state index in [1.54, 1.807) is 13.8 Å². The van der Waals surface area contributed by atoms with E-state index in [1.807, 2.05) is 0 Å². The molecule has 1 nitrogen and oxygen atoms in total. The molecule has 0 saturated heterocycles. The predicted molar refractivity (Wildman–Crippen MR) is 52.6 cm³/mol. The quantitative estimate of drug-likeness (QED) is 0.498. The van der Waals surface area contributed by atoms with Crippen molar-refractivity contribution in [3.05, 3.63) is 34.6 Å². The van der Waals surface area contributed by atoms with Crippen molar-refractivity contribution in [2.24, 2.45) is 11.7 Å². The van der Waals surface area contributed by atoms with Gasteiger partial charge in [0.25, 0.3) is 0 Å². The highest BCUT2D eigenvalue weighted by atomic mass is 19.2. The zero-order chi connectivity index (χ0) is 13.3. The number of halogens is 5. The van der Waals surface area contributed by atoms with Gasteiger partial charge in [0.1, 0.15) is 0 Å². The van der Waals surface area contributed by atoms with Crippen LogP contribution in [0.5, 0.6) is 0 Å². The second-order valence-electron chi connectivity index (χ2n) is 3.89. The van der Waals surface area contributed by atoms with Crippen LogP contribution in [-0.2, 0) is 0 Å². The lowest BCUT2D eigenvalue weighted by Crippen LogP contribution is -2.23. The molecule has 0 aliphatic carbocycles. The van der Waals surface area contributed by atoms with E-state index in [9.17, 15) is 22.0 Å². The molecule has 1 unspecified atom stereocenters. The summed E-state index contributed by atoms with van der Waals surface area (Å²) >= 11 is 0. The molecule has 0 aliphatic heterocycles. The maximum atomic E-state index is 13.3. The Bertz CT molecular complexity index is 403. The Labute approximate surface area is 95.4 Å². The van der Waals surface area contributed by atoms with Gasteiger partial charge in [-0.1, -0.05) is 20.3 Å². The molecule has 2 N–H and O–H groups in total. The third kappa shape index (κ3) is 2.26. The molecule has 17 heavy (non-hydrogen) atoms. The van der Waals surface area contributed by atoms with Crippen LogP contribution in [0.4, 0.5) is 22.0 Å². The molecule has 2 atom stereocenters. The molecule has 0 fully saturated rings. The van der Waals surface area contributed by atoms with Crippen LogP contribution in [0.25, 0.3) is 0 Å². The van der Waals surface area contributed by atoms with Gasteiger partial charge in [0.15, 0.2) is 23.3 Å². The summed E-state index contributed by atoms with van der Waals surface area (Å²) in [6, 6.07) is -1.23. The minimum atomic E-state index is -2.17. The average molecular weight is 253 g/mol. The topological polar surface area (TPSA) is 26.0 Å². The first kappa shape index (κ1) is 13.9. The van der Waals surface area contributed by atoms with Crippen LogP contribution < -0.4 is 5.73 Å². The zero-order valence-corrected chi connectivity index (χ0v) is 9.33. The monoisotopic (exact) mass is 253 g/mol. The first-order chi connectivity index (χ1) is 7.82. The van der Waals surface area contributed by atoms with Gasteiger partial charge >= 0.3 is 0 Å². The third-order valence-corrected chi connectivity index (χ3v) is 2.83. The lowest BCUT2D eigenvalue weighted by molar-refractivity contribution is 0.346. The van der Waals surface area contributed by atoms with Crippen LogP contribution in [0.1, 0.15) is 31.9 Å². The Balaban J connectivity index is 3.44. The van der Waals surface area contributed by atoms with E-state index in [-0.39, 0.29) is 0 Å². The van der Waals surface area contributed by atoms with Gasteiger partial charge in [-0.25, -0.2) is 22.0 Å². The number of nitrogens with two attached hydrogens (primary N) is 1. The maximum Gasteiger partial charge on any atom is 0.200 e. The molecule has 0 aliphatic rings. The molecule has 1 aromatic rings. The minimum Gasteiger partial charge on any atom is -0.324 e. The van der Waals surface area contributed by atoms with Crippen molar-refractivity contribution in [3.8, 4) is 0 Å². The number of rotatable bonds is 3. The molecule has 0 heterocycles. The number of hydrogen-bond donors (Lipinski definition) is 1. The van der Waals surface area contributed by atoms with Crippen LogP contribution in [0.2, 0.25) is 0 Å². The summed E-state index contributed by atoms with van der Waals surface area (Å²) in [5, 5.41) is 0. The van der Waals surface area contributed by atoms with Crippen LogP contribution in [0, 0.1) is 35.0 Å². The van der Waals surface area contributed by atoms with Crippen molar-refractivity contribution >= 4 is 0 Å². The first-order valence-electron chi connectivity index (χ1n) is 5.09. The molecule has 0 aromatic heterocycles. The van der Waals surface area contributed by atoms with Crippen LogP contribution in [0.15, 0.2) is 0 Å². The van der Waals surface area contributed by atoms with E-state index in [0.29, 0.717) is 6.42 Å². The van der Waals surface area contributed by atoms with Gasteiger partial charge in [0.2, 0.25) is 5.82 Å². The predicted octanol–water partition coefficient (Wildman–Crippen LogP) is 3.43. The van der Waals surface area contributed by atoms with E-state index in [2.05, 4.69) is 0 Å². The summed E-state index contributed by atoms with van der Waals surface area (Å²) in [4.78, 5) is 0. The van der Waals surface area contributed by atoms with Crippen molar-refractivity contribution < 1.29 is 22.0 Å². The summed E-state index contributed by atoms with van der Waals surface area (Å²) in [5.74, 6) is -10.2. The molecule has 6 heteroatoms. The highest BCUT2D eigenvalue weighted by molar-refractivity contribution is 5.27. The fourth-order valence-electron chi connectivity index (χ4n) is 1.45. The van der Waals surface area contributed by atoms with Crippen molar-refractivity contribution in [2.75, 3.05) is 0 Å². The molecular formula is C11H12F5N. The van der Waals surface area contributed by atoms with E-state index >= 15 is 0 Å². The SMILES string of the molecule is CCC(C)[C@@H](N)c1c(F)c(F)c(F)c(F)c1F. The third-order valence-electron chi connectivity index (χ3n) is 2.83. The van der Waals surface area contributed by atoms with Gasteiger partial charge in [0, 0.05) is 11.6 Å². The second-order valence-corrected chi connectivity index (χ2v) is 3.89. The second kappa shape index (κ2) is 5.00. The van der Waals surface area contributed by atoms with Gasteiger partial charge < -0.3 is 5.73 Å². The lowest BCUT2D eigenvalue weighted by Gasteiger charge is -2.20. The first-order valence-corrected chi connectivity index (χ1v) is 5.09. The highest BCUT2D eigenvalue weighted by Crippen LogP contribution is 2.30. The van der Waals surface area contributed by atoms with Crippen LogP contribution >= 0.6 is 0 Å². The lowest BCUT2D eigenvalue weighted by atomic mass is 9.92. The van der Waals surface area contributed by atoms with Crippen molar-refractivity contribution in [3.63, 3.8) is 0 Å². The molecule has 1 aromatic carbocycles. The van der Waals surface area contributed by atoms with Gasteiger partial charge in [0.05, 0.1) is 0 Å².